The SMILES string of the molecule is Cc1nn(Cc2ccccc2)c(C)c1/C=N\NC(=O)c1ccccc1-n1cccc1. The van der Waals surface area contributed by atoms with Crippen LogP contribution in [0, 0.1) is 13.8 Å². The third-order valence-electron chi connectivity index (χ3n) is 5.00. The van der Waals surface area contributed by atoms with Crippen molar-refractivity contribution in [3.05, 3.63) is 107 Å². The fourth-order valence-electron chi connectivity index (χ4n) is 3.41. The molecule has 2 aromatic heterocycles. The van der Waals surface area contributed by atoms with Gasteiger partial charge >= 0.3 is 0 Å². The van der Waals surface area contributed by atoms with E-state index in [0.717, 1.165) is 22.6 Å². The highest BCUT2D eigenvalue weighted by molar-refractivity contribution is 5.98. The molecular weight excluding hydrogens is 374 g/mol. The smallest absolute Gasteiger partial charge is 0.273 e. The van der Waals surface area contributed by atoms with E-state index >= 15 is 0 Å². The maximum Gasteiger partial charge on any atom is 0.273 e. The molecule has 1 N–H and O–H groups in total. The monoisotopic (exact) mass is 397 g/mol. The molecule has 4 rings (SSSR count). The number of nitrogens with zero attached hydrogens (tertiary/aromatic N) is 4. The van der Waals surface area contributed by atoms with E-state index in [9.17, 15) is 4.79 Å². The van der Waals surface area contributed by atoms with Gasteiger partial charge in [-0.15, -0.1) is 0 Å². The largest absolute Gasteiger partial charge is 0.323 e. The van der Waals surface area contributed by atoms with Gasteiger partial charge in [-0.3, -0.25) is 9.48 Å². The molecule has 0 bridgehead atoms. The van der Waals surface area contributed by atoms with Crippen LogP contribution in [-0.2, 0) is 6.54 Å². The van der Waals surface area contributed by atoms with Gasteiger partial charge in [-0.2, -0.15) is 10.2 Å². The number of amides is 1. The standard InChI is InChI=1S/C24H23N5O/c1-18-22(19(2)29(27-18)17-20-10-4-3-5-11-20)16-25-26-24(30)21-12-6-7-13-23(21)28-14-8-9-15-28/h3-16H,17H2,1-2H3,(H,26,30)/b25-16-. The van der Waals surface area contributed by atoms with E-state index < -0.39 is 0 Å². The zero-order valence-electron chi connectivity index (χ0n) is 17.0. The fourth-order valence-corrected chi connectivity index (χ4v) is 3.41. The molecule has 6 heteroatoms. The van der Waals surface area contributed by atoms with Crippen LogP contribution in [0.15, 0.2) is 84.2 Å². The summed E-state index contributed by atoms with van der Waals surface area (Å²) >= 11 is 0. The van der Waals surface area contributed by atoms with Crippen LogP contribution in [0.5, 0.6) is 0 Å². The second-order valence-electron chi connectivity index (χ2n) is 7.03. The van der Waals surface area contributed by atoms with Gasteiger partial charge in [-0.1, -0.05) is 42.5 Å². The number of benzene rings is 2. The Bertz CT molecular complexity index is 1170. The Balaban J connectivity index is 1.50. The minimum absolute atomic E-state index is 0.262. The quantitative estimate of drug-likeness (QED) is 0.393. The number of rotatable bonds is 6. The highest BCUT2D eigenvalue weighted by Gasteiger charge is 2.12. The van der Waals surface area contributed by atoms with Crippen LogP contribution in [0.3, 0.4) is 0 Å². The van der Waals surface area contributed by atoms with Crippen molar-refractivity contribution in [2.75, 3.05) is 0 Å². The fraction of sp³-hybridized carbons (Fsp3) is 0.125. The lowest BCUT2D eigenvalue weighted by Gasteiger charge is -2.09. The summed E-state index contributed by atoms with van der Waals surface area (Å²) in [6.07, 6.45) is 5.47. The lowest BCUT2D eigenvalue weighted by Crippen LogP contribution is -2.19. The van der Waals surface area contributed by atoms with E-state index in [0.29, 0.717) is 12.1 Å². The molecule has 2 aromatic carbocycles. The van der Waals surface area contributed by atoms with Crippen LogP contribution in [0.2, 0.25) is 0 Å². The maximum absolute atomic E-state index is 12.7. The Labute approximate surface area is 175 Å². The first-order valence-electron chi connectivity index (χ1n) is 9.77. The number of hydrazone groups is 1. The Morgan fingerprint density at radius 3 is 2.47 bits per heavy atom. The molecule has 0 radical (unpaired) electrons. The van der Waals surface area contributed by atoms with E-state index in [1.54, 1.807) is 12.3 Å². The number of carbonyl (C=O) groups excluding carboxylic acids is 1. The Hall–Kier alpha value is -3.93. The van der Waals surface area contributed by atoms with Crippen LogP contribution in [0.1, 0.15) is 32.9 Å². The second kappa shape index (κ2) is 8.61. The van der Waals surface area contributed by atoms with Crippen molar-refractivity contribution in [3.8, 4) is 5.69 Å². The molecule has 0 aliphatic rings. The molecule has 150 valence electrons. The minimum Gasteiger partial charge on any atom is -0.323 e. The predicted octanol–water partition coefficient (Wildman–Crippen LogP) is 4.10. The molecule has 0 saturated heterocycles. The van der Waals surface area contributed by atoms with E-state index in [4.69, 9.17) is 0 Å². The number of nitrogens with one attached hydrogen (secondary N) is 1. The maximum atomic E-state index is 12.7. The number of aromatic nitrogens is 3. The van der Waals surface area contributed by atoms with Crippen LogP contribution in [-0.4, -0.2) is 26.5 Å². The van der Waals surface area contributed by atoms with Crippen LogP contribution in [0.25, 0.3) is 5.69 Å². The van der Waals surface area contributed by atoms with Gasteiger partial charge in [-0.25, -0.2) is 5.43 Å². The molecule has 0 saturated carbocycles. The number of hydrogen-bond acceptors (Lipinski definition) is 3. The number of aryl methyl sites for hydroxylation is 1. The van der Waals surface area contributed by atoms with Gasteiger partial charge in [0.1, 0.15) is 0 Å². The summed E-state index contributed by atoms with van der Waals surface area (Å²) in [5.41, 5.74) is 7.96. The van der Waals surface area contributed by atoms with Gasteiger partial charge in [0.25, 0.3) is 5.91 Å². The van der Waals surface area contributed by atoms with Gasteiger partial charge in [0.15, 0.2) is 0 Å². The number of para-hydroxylation sites is 1. The Morgan fingerprint density at radius 2 is 1.70 bits per heavy atom. The summed E-state index contributed by atoms with van der Waals surface area (Å²) in [5.74, 6) is -0.262. The van der Waals surface area contributed by atoms with E-state index in [1.807, 2.05) is 84.0 Å². The predicted molar refractivity (Wildman–Crippen MR) is 118 cm³/mol. The highest BCUT2D eigenvalue weighted by Crippen LogP contribution is 2.15. The molecule has 0 aliphatic carbocycles. The summed E-state index contributed by atoms with van der Waals surface area (Å²) in [6, 6.07) is 21.5. The normalized spacial score (nSPS) is 11.1. The number of hydrogen-bond donors (Lipinski definition) is 1. The van der Waals surface area contributed by atoms with E-state index in [-0.39, 0.29) is 5.91 Å². The first-order chi connectivity index (χ1) is 14.6. The van der Waals surface area contributed by atoms with Crippen molar-refractivity contribution in [1.29, 1.82) is 0 Å². The molecule has 0 unspecified atom stereocenters. The molecule has 0 fully saturated rings. The van der Waals surface area contributed by atoms with Crippen molar-refractivity contribution in [3.63, 3.8) is 0 Å². The number of carbonyl (C=O) groups is 1. The van der Waals surface area contributed by atoms with Crippen molar-refractivity contribution in [2.45, 2.75) is 20.4 Å². The third kappa shape index (κ3) is 4.07. The summed E-state index contributed by atoms with van der Waals surface area (Å²) in [6.45, 7) is 4.64. The van der Waals surface area contributed by atoms with Crippen molar-refractivity contribution in [1.82, 2.24) is 19.8 Å². The molecule has 4 aromatic rings. The third-order valence-corrected chi connectivity index (χ3v) is 5.00. The zero-order valence-corrected chi connectivity index (χ0v) is 17.0. The van der Waals surface area contributed by atoms with Crippen molar-refractivity contribution < 1.29 is 4.79 Å². The van der Waals surface area contributed by atoms with Crippen LogP contribution in [0.4, 0.5) is 0 Å². The summed E-state index contributed by atoms with van der Waals surface area (Å²) in [5, 5.41) is 8.81. The average Bonchev–Trinajstić information content (AvgIpc) is 3.39. The molecule has 2 heterocycles. The van der Waals surface area contributed by atoms with Gasteiger partial charge in [0.2, 0.25) is 0 Å². The van der Waals surface area contributed by atoms with E-state index in [1.165, 1.54) is 5.56 Å². The first kappa shape index (κ1) is 19.4. The molecular formula is C24H23N5O. The lowest BCUT2D eigenvalue weighted by atomic mass is 10.1. The molecule has 0 spiro atoms. The van der Waals surface area contributed by atoms with Crippen LogP contribution < -0.4 is 5.43 Å². The van der Waals surface area contributed by atoms with E-state index in [2.05, 4.69) is 27.8 Å². The summed E-state index contributed by atoms with van der Waals surface area (Å²) < 4.78 is 3.86. The molecule has 0 aliphatic heterocycles. The minimum atomic E-state index is -0.262. The molecule has 1 amide bonds. The molecule has 0 atom stereocenters. The Kier molecular flexibility index (Phi) is 5.57. The van der Waals surface area contributed by atoms with Gasteiger partial charge < -0.3 is 4.57 Å². The summed E-state index contributed by atoms with van der Waals surface area (Å²) in [4.78, 5) is 12.7. The highest BCUT2D eigenvalue weighted by atomic mass is 16.2. The topological polar surface area (TPSA) is 64.2 Å². The van der Waals surface area contributed by atoms with Gasteiger partial charge in [-0.05, 0) is 43.7 Å². The molecule has 6 nitrogen and oxygen atoms in total. The van der Waals surface area contributed by atoms with Crippen LogP contribution >= 0.6 is 0 Å². The Morgan fingerprint density at radius 1 is 1.00 bits per heavy atom. The lowest BCUT2D eigenvalue weighted by molar-refractivity contribution is 0.0955. The second-order valence-corrected chi connectivity index (χ2v) is 7.03. The first-order valence-corrected chi connectivity index (χ1v) is 9.77. The molecule has 30 heavy (non-hydrogen) atoms. The average molecular weight is 397 g/mol. The zero-order chi connectivity index (χ0) is 20.9. The van der Waals surface area contributed by atoms with Gasteiger partial charge in [0, 0.05) is 23.7 Å². The summed E-state index contributed by atoms with van der Waals surface area (Å²) in [7, 11) is 0. The van der Waals surface area contributed by atoms with Crippen molar-refractivity contribution >= 4 is 12.1 Å². The van der Waals surface area contributed by atoms with Crippen molar-refractivity contribution in [2.24, 2.45) is 5.10 Å². The van der Waals surface area contributed by atoms with Gasteiger partial charge in [0.05, 0.1) is 29.7 Å².